The number of alkyl halides is 8. The molecule has 1 atom stereocenters. The van der Waals surface area contributed by atoms with E-state index in [1.165, 1.54) is 22.7 Å². The van der Waals surface area contributed by atoms with Gasteiger partial charge < -0.3 is 10.6 Å². The van der Waals surface area contributed by atoms with E-state index in [1.807, 2.05) is 13.8 Å². The van der Waals surface area contributed by atoms with Crippen LogP contribution in [-0.2, 0) is 11.0 Å². The highest BCUT2D eigenvalue weighted by molar-refractivity contribution is 7.99. The van der Waals surface area contributed by atoms with Gasteiger partial charge in [0.15, 0.2) is 0 Å². The lowest BCUT2D eigenvalue weighted by Crippen LogP contribution is -2.36. The molecule has 1 aliphatic heterocycles. The van der Waals surface area contributed by atoms with E-state index in [2.05, 4.69) is 5.32 Å². The van der Waals surface area contributed by atoms with Crippen molar-refractivity contribution in [2.75, 3.05) is 30.3 Å². The van der Waals surface area contributed by atoms with Gasteiger partial charge in [-0.05, 0) is 72.6 Å². The van der Waals surface area contributed by atoms with Gasteiger partial charge in [0.1, 0.15) is 6.54 Å². The summed E-state index contributed by atoms with van der Waals surface area (Å²) in [5.41, 5.74) is 4.34. The van der Waals surface area contributed by atoms with E-state index in [0.717, 1.165) is 12.5 Å². The maximum Gasteiger partial charge on any atom is 0.453 e. The number of halogens is 8. The summed E-state index contributed by atoms with van der Waals surface area (Å²) in [7, 11) is 0. The third kappa shape index (κ3) is 10.3. The van der Waals surface area contributed by atoms with Crippen LogP contribution < -0.4 is 11.1 Å². The molecule has 0 radical (unpaired) electrons. The van der Waals surface area contributed by atoms with E-state index in [4.69, 9.17) is 5.73 Å². The normalized spacial score (nSPS) is 16.0. The molecule has 2 rings (SSSR count). The molecule has 0 aliphatic carbocycles. The lowest BCUT2D eigenvalue weighted by molar-refractivity contribution is -0.284. The van der Waals surface area contributed by atoms with Gasteiger partial charge in [-0.2, -0.15) is 46.9 Å². The zero-order valence-electron chi connectivity index (χ0n) is 22.4. The zero-order valence-corrected chi connectivity index (χ0v) is 23.2. The number of nitrogen functional groups attached to an aromatic ring is 1. The van der Waals surface area contributed by atoms with Crippen LogP contribution in [0.25, 0.3) is 0 Å². The van der Waals surface area contributed by atoms with Crippen LogP contribution in [0, 0.1) is 5.41 Å². The van der Waals surface area contributed by atoms with Crippen molar-refractivity contribution in [1.29, 1.82) is 0 Å². The van der Waals surface area contributed by atoms with Crippen LogP contribution in [0.15, 0.2) is 18.2 Å². The maximum absolute atomic E-state index is 13.5. The van der Waals surface area contributed by atoms with E-state index >= 15 is 0 Å². The molecular formula is C26H35F8N3O2S. The Kier molecular flexibility index (Phi) is 11.6. The van der Waals surface area contributed by atoms with Gasteiger partial charge in [0, 0.05) is 18.7 Å². The molecule has 0 saturated carbocycles. The summed E-state index contributed by atoms with van der Waals surface area (Å²) in [6, 6.07) is 3.24. The fraction of sp³-hybridized carbons (Fsp3) is 0.692. The first-order chi connectivity index (χ1) is 18.3. The van der Waals surface area contributed by atoms with Gasteiger partial charge in [0.25, 0.3) is 0 Å². The molecule has 0 bridgehead atoms. The number of carbonyl (C=O) groups excluding carboxylic acids is 2. The molecule has 1 unspecified atom stereocenters. The highest BCUT2D eigenvalue weighted by atomic mass is 32.2. The number of thioether (sulfide) groups is 1. The van der Waals surface area contributed by atoms with Gasteiger partial charge in [-0.25, -0.2) is 4.79 Å². The first kappa shape index (κ1) is 34.0. The summed E-state index contributed by atoms with van der Waals surface area (Å²) < 4.78 is 103. The summed E-state index contributed by atoms with van der Waals surface area (Å²) in [5, 5.41) is 2.18. The fourth-order valence-electron chi connectivity index (χ4n) is 4.65. The smallest absolute Gasteiger partial charge is 0.398 e. The van der Waals surface area contributed by atoms with Gasteiger partial charge in [-0.3, -0.25) is 10.1 Å². The third-order valence-corrected chi connectivity index (χ3v) is 8.01. The monoisotopic (exact) mass is 605 g/mol. The van der Waals surface area contributed by atoms with Crippen LogP contribution in [0.3, 0.4) is 0 Å². The molecule has 0 aromatic heterocycles. The molecule has 3 amide bonds. The number of hydrogen-bond acceptors (Lipinski definition) is 4. The first-order valence-electron chi connectivity index (χ1n) is 12.9. The van der Waals surface area contributed by atoms with Crippen molar-refractivity contribution in [3.8, 4) is 0 Å². The Morgan fingerprint density at radius 2 is 1.62 bits per heavy atom. The molecule has 40 heavy (non-hydrogen) atoms. The third-order valence-electron chi connectivity index (χ3n) is 6.86. The first-order valence-corrected chi connectivity index (χ1v) is 14.1. The molecule has 1 aromatic rings. The molecule has 1 aliphatic rings. The minimum absolute atomic E-state index is 0.115. The number of rotatable bonds is 15. The second-order valence-electron chi connectivity index (χ2n) is 10.8. The Bertz CT molecular complexity index is 1010. The number of benzene rings is 1. The molecular weight excluding hydrogens is 570 g/mol. The predicted molar refractivity (Wildman–Crippen MR) is 138 cm³/mol. The molecule has 1 heterocycles. The SMILES string of the molecule is CC(C)(CCCCSCCCC(F)(F)C(F)(F)F)CC(CCN1CC(=O)NC1=O)c1ccc(N)c(C(F)(F)F)c1. The van der Waals surface area contributed by atoms with Crippen LogP contribution in [0.1, 0.15) is 75.8 Å². The van der Waals surface area contributed by atoms with E-state index in [-0.39, 0.29) is 36.6 Å². The molecule has 3 N–H and O–H groups in total. The standard InChI is InChI=1S/C26H35F8N3O2S/c1-23(2,9-3-4-12-40-13-5-10-24(27,28)26(32,33)34)15-18(8-11-37-16-21(38)36-22(37)39)17-6-7-20(35)19(14-17)25(29,30)31/h6-7,14,18H,3-5,8-13,15-16,35H2,1-2H3,(H,36,38,39). The minimum Gasteiger partial charge on any atom is -0.398 e. The molecule has 0 spiro atoms. The van der Waals surface area contributed by atoms with E-state index < -0.39 is 47.9 Å². The number of hydrogen-bond donors (Lipinski definition) is 2. The number of urea groups is 1. The number of anilines is 1. The topological polar surface area (TPSA) is 75.4 Å². The quantitative estimate of drug-likeness (QED) is 0.0934. The van der Waals surface area contributed by atoms with Crippen molar-refractivity contribution in [2.24, 2.45) is 5.41 Å². The Morgan fingerprint density at radius 3 is 2.20 bits per heavy atom. The number of imide groups is 1. The number of amides is 3. The number of nitrogens with zero attached hydrogens (tertiary/aromatic N) is 1. The average molecular weight is 606 g/mol. The molecule has 1 aromatic carbocycles. The Hall–Kier alpha value is -2.25. The van der Waals surface area contributed by atoms with Gasteiger partial charge >= 0.3 is 24.3 Å². The van der Waals surface area contributed by atoms with Crippen LogP contribution in [0.4, 0.5) is 45.6 Å². The van der Waals surface area contributed by atoms with E-state index in [0.29, 0.717) is 37.0 Å². The summed E-state index contributed by atoms with van der Waals surface area (Å²) in [6.45, 7) is 4.00. The highest BCUT2D eigenvalue weighted by Crippen LogP contribution is 2.42. The lowest BCUT2D eigenvalue weighted by Gasteiger charge is -2.31. The predicted octanol–water partition coefficient (Wildman–Crippen LogP) is 7.61. The number of nitrogens with two attached hydrogens (primary N) is 1. The van der Waals surface area contributed by atoms with Gasteiger partial charge in [-0.15, -0.1) is 0 Å². The van der Waals surface area contributed by atoms with E-state index in [9.17, 15) is 44.7 Å². The summed E-state index contributed by atoms with van der Waals surface area (Å²) in [4.78, 5) is 24.8. The van der Waals surface area contributed by atoms with Crippen LogP contribution in [-0.4, -0.2) is 53.5 Å². The average Bonchev–Trinajstić information content (AvgIpc) is 3.13. The van der Waals surface area contributed by atoms with Gasteiger partial charge in [-0.1, -0.05) is 26.3 Å². The molecule has 228 valence electrons. The van der Waals surface area contributed by atoms with Crippen LogP contribution in [0.2, 0.25) is 0 Å². The van der Waals surface area contributed by atoms with Crippen molar-refractivity contribution >= 4 is 29.4 Å². The van der Waals surface area contributed by atoms with Crippen LogP contribution >= 0.6 is 11.8 Å². The second-order valence-corrected chi connectivity index (χ2v) is 12.1. The lowest BCUT2D eigenvalue weighted by atomic mass is 9.75. The van der Waals surface area contributed by atoms with Crippen molar-refractivity contribution in [3.05, 3.63) is 29.3 Å². The Labute approximate surface area is 232 Å². The summed E-state index contributed by atoms with van der Waals surface area (Å²) in [6.07, 6.45) is -8.75. The molecule has 1 saturated heterocycles. The summed E-state index contributed by atoms with van der Waals surface area (Å²) in [5.74, 6) is -4.73. The highest BCUT2D eigenvalue weighted by Gasteiger charge is 2.56. The number of carbonyl (C=O) groups is 2. The number of nitrogens with one attached hydrogen (secondary N) is 1. The fourth-order valence-corrected chi connectivity index (χ4v) is 5.61. The zero-order chi connectivity index (χ0) is 30.4. The maximum atomic E-state index is 13.5. The van der Waals surface area contributed by atoms with Crippen molar-refractivity contribution < 1.29 is 44.7 Å². The van der Waals surface area contributed by atoms with Crippen molar-refractivity contribution in [2.45, 2.75) is 83.0 Å². The molecule has 5 nitrogen and oxygen atoms in total. The van der Waals surface area contributed by atoms with Crippen molar-refractivity contribution in [3.63, 3.8) is 0 Å². The second kappa shape index (κ2) is 13.6. The van der Waals surface area contributed by atoms with Gasteiger partial charge in [0.2, 0.25) is 5.91 Å². The Morgan fingerprint density at radius 1 is 0.975 bits per heavy atom. The Balaban J connectivity index is 1.94. The minimum atomic E-state index is -5.54. The molecule has 14 heteroatoms. The largest absolute Gasteiger partial charge is 0.453 e. The van der Waals surface area contributed by atoms with Gasteiger partial charge in [0.05, 0.1) is 5.56 Å². The summed E-state index contributed by atoms with van der Waals surface area (Å²) >= 11 is 1.30. The van der Waals surface area contributed by atoms with Crippen LogP contribution in [0.5, 0.6) is 0 Å². The van der Waals surface area contributed by atoms with Crippen molar-refractivity contribution in [1.82, 2.24) is 10.2 Å². The van der Waals surface area contributed by atoms with E-state index in [1.54, 1.807) is 6.07 Å². The number of unbranched alkanes of at least 4 members (excludes halogenated alkanes) is 1. The molecule has 1 fully saturated rings.